The quantitative estimate of drug-likeness (QED) is 0.727. The predicted molar refractivity (Wildman–Crippen MR) is 105 cm³/mol. The Labute approximate surface area is 157 Å². The van der Waals surface area contributed by atoms with Crippen molar-refractivity contribution in [3.05, 3.63) is 72.7 Å². The van der Waals surface area contributed by atoms with E-state index in [2.05, 4.69) is 20.6 Å². The zero-order chi connectivity index (χ0) is 19.2. The molecule has 2 amide bonds. The van der Waals surface area contributed by atoms with Gasteiger partial charge in [-0.3, -0.25) is 9.59 Å². The van der Waals surface area contributed by atoms with Gasteiger partial charge in [0.05, 0.1) is 0 Å². The molecule has 0 atom stereocenters. The number of hydrogen-bond donors (Lipinski definition) is 2. The van der Waals surface area contributed by atoms with E-state index in [1.807, 2.05) is 42.5 Å². The van der Waals surface area contributed by atoms with E-state index in [1.54, 1.807) is 25.2 Å². The molecular formula is C20H19N5O2. The summed E-state index contributed by atoms with van der Waals surface area (Å²) >= 11 is 0. The molecule has 2 aromatic carbocycles. The van der Waals surface area contributed by atoms with Crippen molar-refractivity contribution in [3.63, 3.8) is 0 Å². The number of hydrogen-bond acceptors (Lipinski definition) is 5. The van der Waals surface area contributed by atoms with Crippen molar-refractivity contribution in [2.45, 2.75) is 6.92 Å². The van der Waals surface area contributed by atoms with Crippen molar-refractivity contribution in [1.29, 1.82) is 0 Å². The van der Waals surface area contributed by atoms with Gasteiger partial charge in [0.25, 0.3) is 5.91 Å². The molecule has 0 fully saturated rings. The van der Waals surface area contributed by atoms with E-state index in [4.69, 9.17) is 0 Å². The van der Waals surface area contributed by atoms with Crippen LogP contribution in [-0.4, -0.2) is 28.8 Å². The third-order valence-corrected chi connectivity index (χ3v) is 3.81. The standard InChI is InChI=1S/C20H19N5O2/c1-14(26)23-15-8-10-16(11-9-15)24-19-12-18(21-13-22-19)20(27)25(2)17-6-4-3-5-7-17/h3-13H,1-2H3,(H,23,26)(H,21,22,24). The highest BCUT2D eigenvalue weighted by Crippen LogP contribution is 2.19. The van der Waals surface area contributed by atoms with E-state index < -0.39 is 0 Å². The molecule has 7 heteroatoms. The molecule has 0 saturated heterocycles. The molecule has 0 aliphatic carbocycles. The van der Waals surface area contributed by atoms with Crippen LogP contribution in [0.3, 0.4) is 0 Å². The van der Waals surface area contributed by atoms with Crippen LogP contribution in [0.2, 0.25) is 0 Å². The number of nitrogens with one attached hydrogen (secondary N) is 2. The van der Waals surface area contributed by atoms with Crippen LogP contribution >= 0.6 is 0 Å². The molecule has 0 spiro atoms. The number of benzene rings is 2. The first kappa shape index (κ1) is 18.1. The van der Waals surface area contributed by atoms with Crippen LogP contribution in [0.5, 0.6) is 0 Å². The van der Waals surface area contributed by atoms with Gasteiger partial charge in [0.2, 0.25) is 5.91 Å². The van der Waals surface area contributed by atoms with E-state index in [9.17, 15) is 9.59 Å². The minimum absolute atomic E-state index is 0.128. The average Bonchev–Trinajstić information content (AvgIpc) is 2.69. The molecule has 136 valence electrons. The highest BCUT2D eigenvalue weighted by atomic mass is 16.2. The molecule has 0 saturated carbocycles. The molecule has 0 radical (unpaired) electrons. The Morgan fingerprint density at radius 3 is 2.26 bits per heavy atom. The first-order valence-corrected chi connectivity index (χ1v) is 8.33. The van der Waals surface area contributed by atoms with Gasteiger partial charge in [-0.2, -0.15) is 0 Å². The molecule has 2 N–H and O–H groups in total. The zero-order valence-electron chi connectivity index (χ0n) is 15.0. The predicted octanol–water partition coefficient (Wildman–Crippen LogP) is 3.46. The van der Waals surface area contributed by atoms with Gasteiger partial charge >= 0.3 is 0 Å². The summed E-state index contributed by atoms with van der Waals surface area (Å²) in [5, 5.41) is 5.83. The van der Waals surface area contributed by atoms with Gasteiger partial charge in [0.15, 0.2) is 0 Å². The lowest BCUT2D eigenvalue weighted by Gasteiger charge is -2.17. The molecular weight excluding hydrogens is 342 g/mol. The lowest BCUT2D eigenvalue weighted by Crippen LogP contribution is -2.27. The monoisotopic (exact) mass is 361 g/mol. The van der Waals surface area contributed by atoms with Gasteiger partial charge in [-0.15, -0.1) is 0 Å². The van der Waals surface area contributed by atoms with Crippen LogP contribution in [0, 0.1) is 0 Å². The number of rotatable bonds is 5. The zero-order valence-corrected chi connectivity index (χ0v) is 15.0. The Hall–Kier alpha value is -3.74. The highest BCUT2D eigenvalue weighted by Gasteiger charge is 2.15. The fourth-order valence-electron chi connectivity index (χ4n) is 2.47. The Morgan fingerprint density at radius 2 is 1.59 bits per heavy atom. The van der Waals surface area contributed by atoms with Crippen LogP contribution in [0.4, 0.5) is 22.9 Å². The van der Waals surface area contributed by atoms with Gasteiger partial charge in [0, 0.05) is 37.1 Å². The molecule has 3 aromatic rings. The maximum Gasteiger partial charge on any atom is 0.276 e. The van der Waals surface area contributed by atoms with Crippen LogP contribution in [-0.2, 0) is 4.79 Å². The van der Waals surface area contributed by atoms with Crippen molar-refractivity contribution in [3.8, 4) is 0 Å². The van der Waals surface area contributed by atoms with Crippen molar-refractivity contribution in [2.75, 3.05) is 22.6 Å². The van der Waals surface area contributed by atoms with Crippen molar-refractivity contribution in [2.24, 2.45) is 0 Å². The molecule has 0 aliphatic heterocycles. The molecule has 27 heavy (non-hydrogen) atoms. The average molecular weight is 361 g/mol. The summed E-state index contributed by atoms with van der Waals surface area (Å²) in [7, 11) is 1.70. The van der Waals surface area contributed by atoms with Crippen LogP contribution in [0.25, 0.3) is 0 Å². The maximum absolute atomic E-state index is 12.7. The van der Waals surface area contributed by atoms with E-state index in [0.29, 0.717) is 11.5 Å². The summed E-state index contributed by atoms with van der Waals surface area (Å²) in [6.45, 7) is 1.46. The molecule has 0 aliphatic rings. The number of nitrogens with zero attached hydrogens (tertiary/aromatic N) is 3. The van der Waals surface area contributed by atoms with Crippen LogP contribution in [0.15, 0.2) is 67.0 Å². The molecule has 1 aromatic heterocycles. The Morgan fingerprint density at radius 1 is 0.926 bits per heavy atom. The number of anilines is 4. The summed E-state index contributed by atoms with van der Waals surface area (Å²) in [6.07, 6.45) is 1.35. The van der Waals surface area contributed by atoms with Crippen molar-refractivity contribution in [1.82, 2.24) is 9.97 Å². The van der Waals surface area contributed by atoms with Gasteiger partial charge in [-0.1, -0.05) is 18.2 Å². The Bertz CT molecular complexity index is 942. The molecule has 0 unspecified atom stereocenters. The summed E-state index contributed by atoms with van der Waals surface area (Å²) in [4.78, 5) is 33.5. The number of aromatic nitrogens is 2. The third-order valence-electron chi connectivity index (χ3n) is 3.81. The van der Waals surface area contributed by atoms with Crippen LogP contribution in [0.1, 0.15) is 17.4 Å². The van der Waals surface area contributed by atoms with Gasteiger partial charge < -0.3 is 15.5 Å². The smallest absolute Gasteiger partial charge is 0.276 e. The fourth-order valence-corrected chi connectivity index (χ4v) is 2.47. The van der Waals surface area contributed by atoms with E-state index in [0.717, 1.165) is 11.4 Å². The number of carbonyl (C=O) groups excluding carboxylic acids is 2. The van der Waals surface area contributed by atoms with Gasteiger partial charge in [0.1, 0.15) is 17.8 Å². The number of carbonyl (C=O) groups is 2. The minimum Gasteiger partial charge on any atom is -0.340 e. The second-order valence-electron chi connectivity index (χ2n) is 5.87. The summed E-state index contributed by atoms with van der Waals surface area (Å²) in [5.41, 5.74) is 2.55. The number of para-hydroxylation sites is 1. The van der Waals surface area contributed by atoms with E-state index in [-0.39, 0.29) is 17.5 Å². The second-order valence-corrected chi connectivity index (χ2v) is 5.87. The lowest BCUT2D eigenvalue weighted by atomic mass is 10.2. The van der Waals surface area contributed by atoms with Crippen molar-refractivity contribution < 1.29 is 9.59 Å². The fraction of sp³-hybridized carbons (Fsp3) is 0.100. The third kappa shape index (κ3) is 4.66. The summed E-state index contributed by atoms with van der Waals surface area (Å²) in [5.74, 6) is 0.145. The van der Waals surface area contributed by atoms with Gasteiger partial charge in [-0.25, -0.2) is 9.97 Å². The Kier molecular flexibility index (Phi) is 5.41. The molecule has 1 heterocycles. The van der Waals surface area contributed by atoms with Crippen molar-refractivity contribution >= 4 is 34.7 Å². The maximum atomic E-state index is 12.7. The highest BCUT2D eigenvalue weighted by molar-refractivity contribution is 6.04. The first-order chi connectivity index (χ1) is 13.0. The first-order valence-electron chi connectivity index (χ1n) is 8.33. The normalized spacial score (nSPS) is 10.1. The molecule has 0 bridgehead atoms. The van der Waals surface area contributed by atoms with Crippen LogP contribution < -0.4 is 15.5 Å². The van der Waals surface area contributed by atoms with Gasteiger partial charge in [-0.05, 0) is 36.4 Å². The second kappa shape index (κ2) is 8.09. The van der Waals surface area contributed by atoms with E-state index in [1.165, 1.54) is 18.2 Å². The molecule has 7 nitrogen and oxygen atoms in total. The summed E-state index contributed by atoms with van der Waals surface area (Å²) in [6, 6.07) is 18.1. The number of amides is 2. The SMILES string of the molecule is CC(=O)Nc1ccc(Nc2cc(C(=O)N(C)c3ccccc3)ncn2)cc1. The summed E-state index contributed by atoms with van der Waals surface area (Å²) < 4.78 is 0. The molecule has 3 rings (SSSR count). The minimum atomic E-state index is -0.229. The van der Waals surface area contributed by atoms with E-state index >= 15 is 0 Å². The topological polar surface area (TPSA) is 87.2 Å². The Balaban J connectivity index is 1.73. The lowest BCUT2D eigenvalue weighted by molar-refractivity contribution is -0.114. The largest absolute Gasteiger partial charge is 0.340 e.